The van der Waals surface area contributed by atoms with Crippen molar-refractivity contribution in [2.45, 2.75) is 19.3 Å². The van der Waals surface area contributed by atoms with Gasteiger partial charge in [-0.25, -0.2) is 4.39 Å². The summed E-state index contributed by atoms with van der Waals surface area (Å²) in [6.45, 7) is 0. The molecule has 0 radical (unpaired) electrons. The Bertz CT molecular complexity index is 1180. The lowest BCUT2D eigenvalue weighted by atomic mass is 9.82. The number of benzene rings is 2. The van der Waals surface area contributed by atoms with Crippen molar-refractivity contribution in [3.63, 3.8) is 0 Å². The van der Waals surface area contributed by atoms with Gasteiger partial charge in [-0.15, -0.1) is 0 Å². The molecule has 0 amide bonds. The molecule has 2 aromatic carbocycles. The molecule has 3 aromatic rings. The summed E-state index contributed by atoms with van der Waals surface area (Å²) in [6, 6.07) is 12.8. The second-order valence-electron chi connectivity index (χ2n) is 7.22. The molecular weight excluding hydrogens is 337 g/mol. The van der Waals surface area contributed by atoms with Gasteiger partial charge in [0.05, 0.1) is 0 Å². The SMILES string of the molecule is O=C(c1ccncc1)C1C=c2c(ccc3c2=CCc2ccc(F)cc2-3)CC1. The van der Waals surface area contributed by atoms with Crippen LogP contribution in [0.5, 0.6) is 0 Å². The summed E-state index contributed by atoms with van der Waals surface area (Å²) in [5.41, 5.74) is 5.14. The van der Waals surface area contributed by atoms with Gasteiger partial charge in [-0.05, 0) is 76.2 Å². The molecule has 0 saturated heterocycles. The number of fused-ring (bicyclic) bond motifs is 5. The number of aromatic nitrogens is 1. The molecule has 1 atom stereocenters. The van der Waals surface area contributed by atoms with Crippen molar-refractivity contribution < 1.29 is 9.18 Å². The number of carbonyl (C=O) groups is 1. The summed E-state index contributed by atoms with van der Waals surface area (Å²) in [7, 11) is 0. The molecule has 3 heteroatoms. The van der Waals surface area contributed by atoms with E-state index in [2.05, 4.69) is 29.3 Å². The maximum absolute atomic E-state index is 13.8. The number of aryl methyl sites for hydroxylation is 1. The van der Waals surface area contributed by atoms with E-state index in [1.54, 1.807) is 30.6 Å². The molecule has 0 aliphatic heterocycles. The fourth-order valence-corrected chi connectivity index (χ4v) is 4.27. The number of rotatable bonds is 2. The zero-order chi connectivity index (χ0) is 18.4. The van der Waals surface area contributed by atoms with Gasteiger partial charge in [-0.2, -0.15) is 0 Å². The number of Topliss-reactive ketones (excluding diaryl/α,β-unsaturated/α-hetero) is 1. The van der Waals surface area contributed by atoms with E-state index >= 15 is 0 Å². The van der Waals surface area contributed by atoms with Gasteiger partial charge >= 0.3 is 0 Å². The molecule has 2 nitrogen and oxygen atoms in total. The minimum atomic E-state index is -0.214. The molecule has 0 fully saturated rings. The largest absolute Gasteiger partial charge is 0.294 e. The Morgan fingerprint density at radius 2 is 1.78 bits per heavy atom. The van der Waals surface area contributed by atoms with Gasteiger partial charge in [-0.1, -0.05) is 30.4 Å². The van der Waals surface area contributed by atoms with Crippen molar-refractivity contribution in [3.8, 4) is 11.1 Å². The van der Waals surface area contributed by atoms with Crippen molar-refractivity contribution in [2.24, 2.45) is 5.92 Å². The molecule has 132 valence electrons. The van der Waals surface area contributed by atoms with Crippen molar-refractivity contribution in [1.82, 2.24) is 4.98 Å². The molecule has 0 N–H and O–H groups in total. The molecular formula is C24H18FNO. The Hall–Kier alpha value is -3.07. The lowest BCUT2D eigenvalue weighted by molar-refractivity contribution is 0.0946. The third-order valence-electron chi connectivity index (χ3n) is 5.66. The lowest BCUT2D eigenvalue weighted by Crippen LogP contribution is -2.37. The molecule has 5 rings (SSSR count). The van der Waals surface area contributed by atoms with Gasteiger partial charge in [0.15, 0.2) is 5.78 Å². The quantitative estimate of drug-likeness (QED) is 0.659. The molecule has 1 heterocycles. The van der Waals surface area contributed by atoms with E-state index < -0.39 is 0 Å². The zero-order valence-corrected chi connectivity index (χ0v) is 14.8. The van der Waals surface area contributed by atoms with Crippen molar-refractivity contribution in [1.29, 1.82) is 0 Å². The summed E-state index contributed by atoms with van der Waals surface area (Å²) in [4.78, 5) is 16.9. The predicted octanol–water partition coefficient (Wildman–Crippen LogP) is 3.45. The Kier molecular flexibility index (Phi) is 3.75. The summed E-state index contributed by atoms with van der Waals surface area (Å²) in [6.07, 6.45) is 10.1. The predicted molar refractivity (Wildman–Crippen MR) is 104 cm³/mol. The van der Waals surface area contributed by atoms with Crippen LogP contribution in [0.3, 0.4) is 0 Å². The lowest BCUT2D eigenvalue weighted by Gasteiger charge is -2.21. The summed E-state index contributed by atoms with van der Waals surface area (Å²) in [5, 5.41) is 2.28. The van der Waals surface area contributed by atoms with E-state index in [0.29, 0.717) is 5.56 Å². The summed E-state index contributed by atoms with van der Waals surface area (Å²) >= 11 is 0. The van der Waals surface area contributed by atoms with E-state index in [1.165, 1.54) is 11.6 Å². The van der Waals surface area contributed by atoms with E-state index in [-0.39, 0.29) is 17.5 Å². The van der Waals surface area contributed by atoms with Crippen LogP contribution in [0.25, 0.3) is 23.3 Å². The van der Waals surface area contributed by atoms with Crippen molar-refractivity contribution in [3.05, 3.63) is 87.8 Å². The maximum atomic E-state index is 13.8. The molecule has 1 unspecified atom stereocenters. The first-order valence-corrected chi connectivity index (χ1v) is 9.28. The van der Waals surface area contributed by atoms with Crippen LogP contribution in [0.15, 0.2) is 54.9 Å². The first-order valence-electron chi connectivity index (χ1n) is 9.28. The van der Waals surface area contributed by atoms with E-state index in [0.717, 1.165) is 46.4 Å². The molecule has 0 bridgehead atoms. The van der Waals surface area contributed by atoms with Crippen molar-refractivity contribution >= 4 is 17.9 Å². The fraction of sp³-hybridized carbons (Fsp3) is 0.167. The van der Waals surface area contributed by atoms with Gasteiger partial charge < -0.3 is 0 Å². The second-order valence-corrected chi connectivity index (χ2v) is 7.22. The molecule has 2 aliphatic carbocycles. The number of pyridine rings is 1. The molecule has 1 aromatic heterocycles. The van der Waals surface area contributed by atoms with Gasteiger partial charge in [0.1, 0.15) is 5.82 Å². The number of hydrogen-bond donors (Lipinski definition) is 0. The van der Waals surface area contributed by atoms with Crippen LogP contribution >= 0.6 is 0 Å². The highest BCUT2D eigenvalue weighted by Crippen LogP contribution is 2.27. The Balaban J connectivity index is 1.66. The van der Waals surface area contributed by atoms with Crippen LogP contribution in [-0.4, -0.2) is 10.8 Å². The standard InChI is InChI=1S/C24H18FNO/c25-19-6-3-16-5-7-20-21(23(16)14-19)8-4-15-1-2-18(13-22(15)20)24(27)17-9-11-26-12-10-17/h3-4,6-14,18H,1-2,5H2. The highest BCUT2D eigenvalue weighted by atomic mass is 19.1. The Morgan fingerprint density at radius 3 is 2.63 bits per heavy atom. The molecule has 27 heavy (non-hydrogen) atoms. The minimum Gasteiger partial charge on any atom is -0.294 e. The Labute approximate surface area is 156 Å². The minimum absolute atomic E-state index is 0.131. The first-order chi connectivity index (χ1) is 13.2. The third-order valence-corrected chi connectivity index (χ3v) is 5.66. The summed E-state index contributed by atoms with van der Waals surface area (Å²) in [5.74, 6) is -0.203. The van der Waals surface area contributed by atoms with Gasteiger partial charge in [0.25, 0.3) is 0 Å². The van der Waals surface area contributed by atoms with Crippen LogP contribution < -0.4 is 10.4 Å². The maximum Gasteiger partial charge on any atom is 0.169 e. The fourth-order valence-electron chi connectivity index (χ4n) is 4.27. The van der Waals surface area contributed by atoms with Gasteiger partial charge in [0.2, 0.25) is 0 Å². The van der Waals surface area contributed by atoms with Crippen LogP contribution in [0.2, 0.25) is 0 Å². The van der Waals surface area contributed by atoms with Crippen LogP contribution in [0, 0.1) is 11.7 Å². The van der Waals surface area contributed by atoms with E-state index in [1.807, 2.05) is 6.07 Å². The molecule has 0 saturated carbocycles. The third kappa shape index (κ3) is 2.71. The number of nitrogens with zero attached hydrogens (tertiary/aromatic N) is 1. The highest BCUT2D eigenvalue weighted by Gasteiger charge is 2.23. The van der Waals surface area contributed by atoms with Gasteiger partial charge in [-0.3, -0.25) is 9.78 Å². The number of hydrogen-bond acceptors (Lipinski definition) is 2. The van der Waals surface area contributed by atoms with Crippen LogP contribution in [0.4, 0.5) is 4.39 Å². The monoisotopic (exact) mass is 355 g/mol. The Morgan fingerprint density at radius 1 is 0.963 bits per heavy atom. The van der Waals surface area contributed by atoms with Gasteiger partial charge in [0, 0.05) is 23.9 Å². The number of halogens is 1. The normalized spacial score (nSPS) is 17.0. The van der Waals surface area contributed by atoms with E-state index in [4.69, 9.17) is 0 Å². The highest BCUT2D eigenvalue weighted by molar-refractivity contribution is 6.01. The molecule has 2 aliphatic rings. The topological polar surface area (TPSA) is 30.0 Å². The first kappa shape index (κ1) is 16.1. The average Bonchev–Trinajstić information content (AvgIpc) is 2.73. The van der Waals surface area contributed by atoms with Crippen LogP contribution in [0.1, 0.15) is 27.9 Å². The van der Waals surface area contributed by atoms with E-state index in [9.17, 15) is 9.18 Å². The smallest absolute Gasteiger partial charge is 0.169 e. The number of ketones is 1. The summed E-state index contributed by atoms with van der Waals surface area (Å²) < 4.78 is 13.8. The van der Waals surface area contributed by atoms with Crippen LogP contribution in [-0.2, 0) is 12.8 Å². The zero-order valence-electron chi connectivity index (χ0n) is 14.8. The van der Waals surface area contributed by atoms with Crippen molar-refractivity contribution in [2.75, 3.05) is 0 Å². The average molecular weight is 355 g/mol. The second kappa shape index (κ2) is 6.27. The number of carbonyl (C=O) groups excluding carboxylic acids is 1. The molecule has 0 spiro atoms.